The quantitative estimate of drug-likeness (QED) is 0.820. The van der Waals surface area contributed by atoms with Crippen molar-refractivity contribution in [3.63, 3.8) is 0 Å². The van der Waals surface area contributed by atoms with E-state index in [1.165, 1.54) is 11.0 Å². The SMILES string of the molecule is CN1CCC(N(C)C(=O)c2c(F)cccc2F)CC1. The van der Waals surface area contributed by atoms with Crippen molar-refractivity contribution in [1.29, 1.82) is 0 Å². The maximum atomic E-state index is 13.6. The molecule has 2 rings (SSSR count). The van der Waals surface area contributed by atoms with Crippen molar-refractivity contribution in [2.24, 2.45) is 0 Å². The molecule has 1 aromatic carbocycles. The number of carbonyl (C=O) groups is 1. The number of hydrogen-bond acceptors (Lipinski definition) is 2. The van der Waals surface area contributed by atoms with Crippen LogP contribution in [0.1, 0.15) is 23.2 Å². The van der Waals surface area contributed by atoms with E-state index in [4.69, 9.17) is 0 Å². The fraction of sp³-hybridized carbons (Fsp3) is 0.500. The number of likely N-dealkylation sites (tertiary alicyclic amines) is 1. The normalized spacial score (nSPS) is 17.5. The van der Waals surface area contributed by atoms with E-state index < -0.39 is 23.1 Å². The van der Waals surface area contributed by atoms with Gasteiger partial charge >= 0.3 is 0 Å². The van der Waals surface area contributed by atoms with E-state index in [1.807, 2.05) is 7.05 Å². The zero-order chi connectivity index (χ0) is 14.0. The lowest BCUT2D eigenvalue weighted by molar-refractivity contribution is 0.0650. The summed E-state index contributed by atoms with van der Waals surface area (Å²) in [6.45, 7) is 1.78. The minimum Gasteiger partial charge on any atom is -0.338 e. The first-order valence-electron chi connectivity index (χ1n) is 6.40. The van der Waals surface area contributed by atoms with Gasteiger partial charge in [-0.05, 0) is 45.1 Å². The first-order valence-corrected chi connectivity index (χ1v) is 6.40. The molecule has 0 bridgehead atoms. The molecule has 1 amide bonds. The lowest BCUT2D eigenvalue weighted by Crippen LogP contribution is -2.44. The summed E-state index contributed by atoms with van der Waals surface area (Å²) in [6, 6.07) is 3.52. The van der Waals surface area contributed by atoms with Crippen LogP contribution < -0.4 is 0 Å². The molecule has 0 aliphatic carbocycles. The summed E-state index contributed by atoms with van der Waals surface area (Å²) >= 11 is 0. The molecule has 19 heavy (non-hydrogen) atoms. The van der Waals surface area contributed by atoms with Crippen molar-refractivity contribution in [3.05, 3.63) is 35.4 Å². The zero-order valence-electron chi connectivity index (χ0n) is 11.2. The second-order valence-corrected chi connectivity index (χ2v) is 5.05. The van der Waals surface area contributed by atoms with Crippen LogP contribution in [-0.4, -0.2) is 48.9 Å². The molecule has 104 valence electrons. The molecule has 1 saturated heterocycles. The Labute approximate surface area is 111 Å². The highest BCUT2D eigenvalue weighted by Crippen LogP contribution is 2.19. The largest absolute Gasteiger partial charge is 0.338 e. The molecule has 1 aromatic rings. The number of hydrogen-bond donors (Lipinski definition) is 0. The number of benzene rings is 1. The van der Waals surface area contributed by atoms with E-state index in [-0.39, 0.29) is 6.04 Å². The second-order valence-electron chi connectivity index (χ2n) is 5.05. The van der Waals surface area contributed by atoms with Gasteiger partial charge in [-0.1, -0.05) is 6.07 Å². The summed E-state index contributed by atoms with van der Waals surface area (Å²) in [5, 5.41) is 0. The molecule has 3 nitrogen and oxygen atoms in total. The van der Waals surface area contributed by atoms with Crippen LogP contribution >= 0.6 is 0 Å². The van der Waals surface area contributed by atoms with Gasteiger partial charge in [-0.25, -0.2) is 8.78 Å². The van der Waals surface area contributed by atoms with Crippen LogP contribution in [0.25, 0.3) is 0 Å². The molecule has 0 N–H and O–H groups in total. The van der Waals surface area contributed by atoms with Crippen LogP contribution in [0.5, 0.6) is 0 Å². The van der Waals surface area contributed by atoms with Gasteiger partial charge in [0.05, 0.1) is 0 Å². The third-order valence-electron chi connectivity index (χ3n) is 3.73. The van der Waals surface area contributed by atoms with Crippen LogP contribution in [0.2, 0.25) is 0 Å². The molecule has 0 unspecified atom stereocenters. The molecular weight excluding hydrogens is 250 g/mol. The molecule has 0 atom stereocenters. The average Bonchev–Trinajstić information content (AvgIpc) is 2.38. The van der Waals surface area contributed by atoms with Gasteiger partial charge < -0.3 is 9.80 Å². The standard InChI is InChI=1S/C14H18F2N2O/c1-17-8-6-10(7-9-17)18(2)14(19)13-11(15)4-3-5-12(13)16/h3-5,10H,6-9H2,1-2H3. The maximum absolute atomic E-state index is 13.6. The van der Waals surface area contributed by atoms with E-state index in [0.717, 1.165) is 38.1 Å². The van der Waals surface area contributed by atoms with Crippen LogP contribution in [0.3, 0.4) is 0 Å². The molecule has 0 radical (unpaired) electrons. The van der Waals surface area contributed by atoms with E-state index in [2.05, 4.69) is 4.90 Å². The topological polar surface area (TPSA) is 23.6 Å². The zero-order valence-corrected chi connectivity index (χ0v) is 11.2. The molecular formula is C14H18F2N2O. The van der Waals surface area contributed by atoms with E-state index in [0.29, 0.717) is 0 Å². The minimum atomic E-state index is -0.801. The predicted molar refractivity (Wildman–Crippen MR) is 69.0 cm³/mol. The Hall–Kier alpha value is -1.49. The van der Waals surface area contributed by atoms with Crippen molar-refractivity contribution in [1.82, 2.24) is 9.80 Å². The van der Waals surface area contributed by atoms with Gasteiger partial charge in [0.25, 0.3) is 5.91 Å². The highest BCUT2D eigenvalue weighted by molar-refractivity contribution is 5.94. The Morgan fingerprint density at radius 1 is 1.26 bits per heavy atom. The van der Waals surface area contributed by atoms with Gasteiger partial charge in [0.2, 0.25) is 0 Å². The number of halogens is 2. The van der Waals surface area contributed by atoms with Gasteiger partial charge in [0.1, 0.15) is 17.2 Å². The van der Waals surface area contributed by atoms with Gasteiger partial charge in [-0.15, -0.1) is 0 Å². The van der Waals surface area contributed by atoms with Gasteiger partial charge in [0.15, 0.2) is 0 Å². The lowest BCUT2D eigenvalue weighted by Gasteiger charge is -2.35. The van der Waals surface area contributed by atoms with E-state index in [9.17, 15) is 13.6 Å². The summed E-state index contributed by atoms with van der Waals surface area (Å²) in [6.07, 6.45) is 1.66. The summed E-state index contributed by atoms with van der Waals surface area (Å²) in [5.41, 5.74) is -0.455. The molecule has 1 aliphatic heterocycles. The molecule has 1 aliphatic rings. The maximum Gasteiger partial charge on any atom is 0.259 e. The van der Waals surface area contributed by atoms with Crippen LogP contribution in [0.4, 0.5) is 8.78 Å². The van der Waals surface area contributed by atoms with Gasteiger partial charge in [0, 0.05) is 13.1 Å². The smallest absolute Gasteiger partial charge is 0.259 e. The molecule has 1 fully saturated rings. The second kappa shape index (κ2) is 5.65. The Kier molecular flexibility index (Phi) is 4.14. The number of amides is 1. The van der Waals surface area contributed by atoms with Crippen molar-refractivity contribution < 1.29 is 13.6 Å². The number of piperidine rings is 1. The fourth-order valence-electron chi connectivity index (χ4n) is 2.43. The first kappa shape index (κ1) is 13.9. The molecule has 5 heteroatoms. The van der Waals surface area contributed by atoms with Gasteiger partial charge in [-0.3, -0.25) is 4.79 Å². The van der Waals surface area contributed by atoms with Crippen molar-refractivity contribution in [2.45, 2.75) is 18.9 Å². The Balaban J connectivity index is 2.15. The average molecular weight is 268 g/mol. The molecule has 1 heterocycles. The fourth-order valence-corrected chi connectivity index (χ4v) is 2.43. The third kappa shape index (κ3) is 2.92. The molecule has 0 spiro atoms. The lowest BCUT2D eigenvalue weighted by atomic mass is 10.0. The predicted octanol–water partition coefficient (Wildman–Crippen LogP) is 2.13. The number of nitrogens with zero attached hydrogens (tertiary/aromatic N) is 2. The highest BCUT2D eigenvalue weighted by atomic mass is 19.1. The van der Waals surface area contributed by atoms with E-state index >= 15 is 0 Å². The van der Waals surface area contributed by atoms with Crippen molar-refractivity contribution in [2.75, 3.05) is 27.2 Å². The minimum absolute atomic E-state index is 0.0442. The van der Waals surface area contributed by atoms with Crippen molar-refractivity contribution >= 4 is 5.91 Å². The summed E-state index contributed by atoms with van der Waals surface area (Å²) in [7, 11) is 3.64. The number of rotatable bonds is 2. The Morgan fingerprint density at radius 3 is 2.32 bits per heavy atom. The van der Waals surface area contributed by atoms with Crippen LogP contribution in [0, 0.1) is 11.6 Å². The van der Waals surface area contributed by atoms with Crippen LogP contribution in [-0.2, 0) is 0 Å². The highest BCUT2D eigenvalue weighted by Gasteiger charge is 2.27. The summed E-state index contributed by atoms with van der Waals surface area (Å²) in [4.78, 5) is 15.8. The summed E-state index contributed by atoms with van der Waals surface area (Å²) in [5.74, 6) is -2.18. The Morgan fingerprint density at radius 2 is 1.79 bits per heavy atom. The third-order valence-corrected chi connectivity index (χ3v) is 3.73. The van der Waals surface area contributed by atoms with E-state index in [1.54, 1.807) is 7.05 Å². The van der Waals surface area contributed by atoms with Crippen molar-refractivity contribution in [3.8, 4) is 0 Å². The van der Waals surface area contributed by atoms with Crippen LogP contribution in [0.15, 0.2) is 18.2 Å². The monoisotopic (exact) mass is 268 g/mol. The Bertz CT molecular complexity index is 450. The first-order chi connectivity index (χ1) is 9.00. The molecule has 0 saturated carbocycles. The molecule has 0 aromatic heterocycles. The number of carbonyl (C=O) groups excluding carboxylic acids is 1. The van der Waals surface area contributed by atoms with Gasteiger partial charge in [-0.2, -0.15) is 0 Å². The summed E-state index contributed by atoms with van der Waals surface area (Å²) < 4.78 is 27.2.